The molecule has 0 atom stereocenters. The highest BCUT2D eigenvalue weighted by atomic mass is 19.2. The first-order chi connectivity index (χ1) is 12.5. The maximum Gasteiger partial charge on any atom is 0.338 e. The Hall–Kier alpha value is -2.55. The molecule has 3 nitrogen and oxygen atoms in total. The number of nitriles is 1. The summed E-state index contributed by atoms with van der Waals surface area (Å²) in [7, 11) is 0. The first-order valence-electron chi connectivity index (χ1n) is 8.58. The maximum absolute atomic E-state index is 13.2. The van der Waals surface area contributed by atoms with Gasteiger partial charge in [-0.25, -0.2) is 13.6 Å². The third-order valence-corrected chi connectivity index (χ3v) is 4.45. The maximum atomic E-state index is 13.2. The average Bonchev–Trinajstić information content (AvgIpc) is 2.64. The van der Waals surface area contributed by atoms with E-state index in [0.29, 0.717) is 5.92 Å². The van der Waals surface area contributed by atoms with Crippen molar-refractivity contribution in [3.63, 3.8) is 0 Å². The Labute approximate surface area is 150 Å². The SMILES string of the molecule is N#C/C(F)=C/C=C/CC[C@H]1CC[C@H](OC(=O)c2ccc(F)c(F)c2)CC1. The molecule has 1 aromatic carbocycles. The van der Waals surface area contributed by atoms with Gasteiger partial charge < -0.3 is 4.74 Å². The van der Waals surface area contributed by atoms with E-state index in [1.165, 1.54) is 18.2 Å². The summed E-state index contributed by atoms with van der Waals surface area (Å²) in [6.07, 6.45) is 9.29. The fourth-order valence-corrected chi connectivity index (χ4v) is 3.00. The third-order valence-electron chi connectivity index (χ3n) is 4.45. The molecule has 1 aliphatic rings. The van der Waals surface area contributed by atoms with Crippen molar-refractivity contribution >= 4 is 5.97 Å². The van der Waals surface area contributed by atoms with E-state index >= 15 is 0 Å². The predicted molar refractivity (Wildman–Crippen MR) is 90.7 cm³/mol. The lowest BCUT2D eigenvalue weighted by Crippen LogP contribution is -2.24. The molecule has 0 unspecified atom stereocenters. The molecule has 0 aromatic heterocycles. The minimum atomic E-state index is -1.07. The highest BCUT2D eigenvalue weighted by Gasteiger charge is 2.24. The zero-order chi connectivity index (χ0) is 18.9. The molecular weight excluding hydrogens is 343 g/mol. The van der Waals surface area contributed by atoms with Crippen LogP contribution in [0.15, 0.2) is 42.3 Å². The van der Waals surface area contributed by atoms with Crippen LogP contribution in [0.2, 0.25) is 0 Å². The van der Waals surface area contributed by atoms with E-state index < -0.39 is 23.4 Å². The van der Waals surface area contributed by atoms with Crippen LogP contribution < -0.4 is 0 Å². The van der Waals surface area contributed by atoms with Gasteiger partial charge >= 0.3 is 5.97 Å². The summed E-state index contributed by atoms with van der Waals surface area (Å²) < 4.78 is 44.1. The summed E-state index contributed by atoms with van der Waals surface area (Å²) in [5, 5.41) is 8.28. The molecular formula is C20H20F3NO2. The number of carbonyl (C=O) groups excluding carboxylic acids is 1. The molecule has 1 aliphatic carbocycles. The minimum Gasteiger partial charge on any atom is -0.459 e. The number of esters is 1. The first kappa shape index (κ1) is 19.8. The van der Waals surface area contributed by atoms with Crippen molar-refractivity contribution in [1.82, 2.24) is 0 Å². The molecule has 0 saturated heterocycles. The van der Waals surface area contributed by atoms with Crippen molar-refractivity contribution in [3.8, 4) is 6.07 Å². The predicted octanol–water partition coefficient (Wildman–Crippen LogP) is 5.39. The molecule has 138 valence electrons. The number of carbonyl (C=O) groups is 1. The Morgan fingerprint density at radius 2 is 1.96 bits per heavy atom. The van der Waals surface area contributed by atoms with Gasteiger partial charge in [0.1, 0.15) is 12.2 Å². The van der Waals surface area contributed by atoms with Gasteiger partial charge in [0, 0.05) is 0 Å². The van der Waals surface area contributed by atoms with Crippen molar-refractivity contribution in [1.29, 1.82) is 5.26 Å². The van der Waals surface area contributed by atoms with Crippen LogP contribution in [0, 0.1) is 28.9 Å². The van der Waals surface area contributed by atoms with E-state index in [-0.39, 0.29) is 11.7 Å². The molecule has 1 saturated carbocycles. The third kappa shape index (κ3) is 6.07. The number of hydrogen-bond donors (Lipinski definition) is 0. The highest BCUT2D eigenvalue weighted by molar-refractivity contribution is 5.89. The number of ether oxygens (including phenoxy) is 1. The van der Waals surface area contributed by atoms with Crippen molar-refractivity contribution in [2.75, 3.05) is 0 Å². The Balaban J connectivity index is 1.72. The molecule has 0 aliphatic heterocycles. The number of allylic oxidation sites excluding steroid dienone is 4. The fourth-order valence-electron chi connectivity index (χ4n) is 3.00. The smallest absolute Gasteiger partial charge is 0.338 e. The second-order valence-corrected chi connectivity index (χ2v) is 6.31. The van der Waals surface area contributed by atoms with E-state index in [1.54, 1.807) is 0 Å². The molecule has 0 heterocycles. The van der Waals surface area contributed by atoms with Crippen LogP contribution >= 0.6 is 0 Å². The molecule has 26 heavy (non-hydrogen) atoms. The summed E-state index contributed by atoms with van der Waals surface area (Å²) in [4.78, 5) is 12.0. The number of nitrogens with zero attached hydrogens (tertiary/aromatic N) is 1. The molecule has 6 heteroatoms. The monoisotopic (exact) mass is 363 g/mol. The van der Waals surface area contributed by atoms with E-state index in [1.807, 2.05) is 6.08 Å². The highest BCUT2D eigenvalue weighted by Crippen LogP contribution is 2.30. The first-order valence-corrected chi connectivity index (χ1v) is 8.58. The van der Waals surface area contributed by atoms with Crippen molar-refractivity contribution in [2.24, 2.45) is 5.92 Å². The minimum absolute atomic E-state index is 0.00816. The van der Waals surface area contributed by atoms with Crippen LogP contribution in [-0.2, 0) is 4.74 Å². The van der Waals surface area contributed by atoms with Crippen LogP contribution in [0.25, 0.3) is 0 Å². The zero-order valence-corrected chi connectivity index (χ0v) is 14.3. The van der Waals surface area contributed by atoms with Crippen molar-refractivity contribution in [3.05, 3.63) is 59.5 Å². The van der Waals surface area contributed by atoms with Crippen molar-refractivity contribution in [2.45, 2.75) is 44.6 Å². The molecule has 1 fully saturated rings. The molecule has 0 radical (unpaired) electrons. The van der Waals surface area contributed by atoms with Gasteiger partial charge in [0.05, 0.1) is 5.56 Å². The fraction of sp³-hybridized carbons (Fsp3) is 0.400. The average molecular weight is 363 g/mol. The van der Waals surface area contributed by atoms with Gasteiger partial charge in [0.15, 0.2) is 17.5 Å². The van der Waals surface area contributed by atoms with Gasteiger partial charge in [-0.05, 0) is 68.7 Å². The summed E-state index contributed by atoms with van der Waals surface area (Å²) in [6, 6.07) is 4.37. The Morgan fingerprint density at radius 1 is 1.23 bits per heavy atom. The summed E-state index contributed by atoms with van der Waals surface area (Å²) >= 11 is 0. The molecule has 1 aromatic rings. The van der Waals surface area contributed by atoms with Crippen LogP contribution in [0.5, 0.6) is 0 Å². The Kier molecular flexibility index (Phi) is 7.46. The topological polar surface area (TPSA) is 50.1 Å². The summed E-state index contributed by atoms with van der Waals surface area (Å²) in [6.45, 7) is 0. The van der Waals surface area contributed by atoms with Gasteiger partial charge in [-0.1, -0.05) is 12.2 Å². The van der Waals surface area contributed by atoms with E-state index in [0.717, 1.165) is 56.7 Å². The van der Waals surface area contributed by atoms with Crippen molar-refractivity contribution < 1.29 is 22.7 Å². The van der Waals surface area contributed by atoms with Gasteiger partial charge in [-0.2, -0.15) is 9.65 Å². The van der Waals surface area contributed by atoms with E-state index in [2.05, 4.69) is 0 Å². The lowest BCUT2D eigenvalue weighted by Gasteiger charge is -2.28. The summed E-state index contributed by atoms with van der Waals surface area (Å²) in [5.74, 6) is -3.02. The standard InChI is InChI=1S/C20H20F3NO2/c21-16(13-24)5-3-1-2-4-14-6-9-17(10-7-14)26-20(25)15-8-11-18(22)19(23)12-15/h1,3,5,8,11-12,14,17H,2,4,6-7,9-10H2/b3-1+,16-5-/t14-,17-. The number of halogens is 3. The second-order valence-electron chi connectivity index (χ2n) is 6.31. The summed E-state index contributed by atoms with van der Waals surface area (Å²) in [5.41, 5.74) is 0.00816. The van der Waals surface area contributed by atoms with E-state index in [9.17, 15) is 18.0 Å². The molecule has 0 spiro atoms. The Morgan fingerprint density at radius 3 is 2.62 bits per heavy atom. The largest absolute Gasteiger partial charge is 0.459 e. The van der Waals surface area contributed by atoms with Gasteiger partial charge in [-0.15, -0.1) is 0 Å². The van der Waals surface area contributed by atoms with Crippen LogP contribution in [0.1, 0.15) is 48.9 Å². The van der Waals surface area contributed by atoms with Crippen LogP contribution in [0.3, 0.4) is 0 Å². The normalized spacial score (nSPS) is 20.8. The molecule has 2 rings (SSSR count). The second kappa shape index (κ2) is 9.81. The number of hydrogen-bond acceptors (Lipinski definition) is 3. The molecule has 0 amide bonds. The van der Waals surface area contributed by atoms with Crippen LogP contribution in [0.4, 0.5) is 13.2 Å². The lowest BCUT2D eigenvalue weighted by atomic mass is 9.84. The van der Waals surface area contributed by atoms with Gasteiger partial charge in [-0.3, -0.25) is 0 Å². The van der Waals surface area contributed by atoms with Gasteiger partial charge in [0.2, 0.25) is 0 Å². The lowest BCUT2D eigenvalue weighted by molar-refractivity contribution is 0.0162. The zero-order valence-electron chi connectivity index (χ0n) is 14.3. The van der Waals surface area contributed by atoms with E-state index in [4.69, 9.17) is 10.00 Å². The van der Waals surface area contributed by atoms with Gasteiger partial charge in [0.25, 0.3) is 0 Å². The quantitative estimate of drug-likeness (QED) is 0.387. The molecule has 0 N–H and O–H groups in total. The Bertz CT molecular complexity index is 729. The number of benzene rings is 1. The number of rotatable bonds is 6. The van der Waals surface area contributed by atoms with Crippen LogP contribution in [-0.4, -0.2) is 12.1 Å². The molecule has 0 bridgehead atoms.